The van der Waals surface area contributed by atoms with Crippen LogP contribution in [0.25, 0.3) is 52.4 Å². The topological polar surface area (TPSA) is 201 Å². The molecule has 0 aliphatic carbocycles. The molecular weight excluding hydrogens is 646 g/mol. The van der Waals surface area contributed by atoms with Gasteiger partial charge in [0.15, 0.2) is 34.4 Å². The van der Waals surface area contributed by atoms with E-state index < -0.39 is 11.9 Å². The fourth-order valence-corrected chi connectivity index (χ4v) is 5.13. The van der Waals surface area contributed by atoms with Crippen molar-refractivity contribution in [2.24, 2.45) is 0 Å². The highest BCUT2D eigenvalue weighted by molar-refractivity contribution is 5.92. The normalized spacial score (nSPS) is 14.5. The van der Waals surface area contributed by atoms with Crippen LogP contribution in [0.5, 0.6) is 0 Å². The number of benzene rings is 1. The number of oxazole rings is 6. The molecule has 1 aliphatic rings. The summed E-state index contributed by atoms with van der Waals surface area (Å²) in [5.74, 6) is 0.876. The summed E-state index contributed by atoms with van der Waals surface area (Å²) in [6.45, 7) is 1.70. The lowest BCUT2D eigenvalue weighted by atomic mass is 10.0. The Balaban J connectivity index is 1.11. The standard InChI is InChI=1S/C34H29N9O7/c1-43(2)11-10-35-20-8-6-19(7-9-20)12-22-30-40-27(17-48-30)34-41-25(16-50-34)31-36-21(13-46-31)4-3-5-28-37-24(15-45-28)32-42-26(18-49-32)33-39-23(14-47-33)29(44)38-22/h3-4,6-9,13-18,22,35H,5,10-12H2,1-2H3,(H,38,44). The number of nitrogens with one attached hydrogen (secondary N) is 2. The molecule has 1 unspecified atom stereocenters. The van der Waals surface area contributed by atoms with E-state index in [9.17, 15) is 4.79 Å². The Morgan fingerprint density at radius 3 is 2.06 bits per heavy atom. The zero-order valence-corrected chi connectivity index (χ0v) is 26.8. The molecule has 1 aliphatic heterocycles. The van der Waals surface area contributed by atoms with Crippen molar-refractivity contribution in [3.05, 3.63) is 96.7 Å². The summed E-state index contributed by atoms with van der Waals surface area (Å²) in [6, 6.07) is 7.23. The van der Waals surface area contributed by atoms with E-state index in [1.54, 1.807) is 6.08 Å². The van der Waals surface area contributed by atoms with Gasteiger partial charge in [-0.15, -0.1) is 0 Å². The minimum atomic E-state index is -0.704. The van der Waals surface area contributed by atoms with E-state index in [2.05, 4.69) is 45.4 Å². The maximum atomic E-state index is 13.6. The van der Waals surface area contributed by atoms with Crippen molar-refractivity contribution in [3.63, 3.8) is 0 Å². The molecule has 7 aromatic rings. The number of fused-ring (bicyclic) bond motifs is 16. The molecule has 6 aromatic heterocycles. The number of likely N-dealkylation sites (N-methyl/N-ethyl adjacent to an activating group) is 1. The first-order valence-corrected chi connectivity index (χ1v) is 15.6. The van der Waals surface area contributed by atoms with Crippen LogP contribution in [0.15, 0.2) is 94.4 Å². The number of carbonyl (C=O) groups excluding carboxylic acids is 1. The molecule has 252 valence electrons. The van der Waals surface area contributed by atoms with Crippen LogP contribution in [0.2, 0.25) is 0 Å². The van der Waals surface area contributed by atoms with Gasteiger partial charge in [-0.25, -0.2) is 29.9 Å². The molecule has 0 saturated carbocycles. The molecule has 16 heteroatoms. The molecule has 12 bridgehead atoms. The molecule has 1 aromatic carbocycles. The molecular formula is C34H29N9O7. The molecule has 7 heterocycles. The first-order chi connectivity index (χ1) is 24.4. The van der Waals surface area contributed by atoms with Crippen molar-refractivity contribution in [3.8, 4) is 46.3 Å². The molecule has 50 heavy (non-hydrogen) atoms. The van der Waals surface area contributed by atoms with Gasteiger partial charge in [-0.3, -0.25) is 4.79 Å². The van der Waals surface area contributed by atoms with E-state index in [1.807, 2.05) is 44.4 Å². The van der Waals surface area contributed by atoms with Gasteiger partial charge in [-0.2, -0.15) is 0 Å². The fraction of sp³-hybridized carbons (Fsp3) is 0.206. The number of rotatable bonds is 6. The van der Waals surface area contributed by atoms with Crippen molar-refractivity contribution in [2.45, 2.75) is 18.9 Å². The van der Waals surface area contributed by atoms with Crippen LogP contribution in [0.1, 0.15) is 39.6 Å². The third-order valence-corrected chi connectivity index (χ3v) is 7.68. The number of allylic oxidation sites excluding steroid dienone is 1. The highest BCUT2D eigenvalue weighted by atomic mass is 16.4. The van der Waals surface area contributed by atoms with Crippen LogP contribution in [-0.2, 0) is 12.8 Å². The van der Waals surface area contributed by atoms with E-state index in [0.29, 0.717) is 41.5 Å². The second-order valence-electron chi connectivity index (χ2n) is 11.7. The van der Waals surface area contributed by atoms with Crippen molar-refractivity contribution >= 4 is 17.7 Å². The second-order valence-corrected chi connectivity index (χ2v) is 11.7. The Morgan fingerprint density at radius 1 is 0.720 bits per heavy atom. The van der Waals surface area contributed by atoms with E-state index in [-0.39, 0.29) is 40.8 Å². The summed E-state index contributed by atoms with van der Waals surface area (Å²) in [6.07, 6.45) is 12.7. The monoisotopic (exact) mass is 675 g/mol. The van der Waals surface area contributed by atoms with Crippen LogP contribution in [0.4, 0.5) is 5.69 Å². The van der Waals surface area contributed by atoms with Crippen molar-refractivity contribution < 1.29 is 31.3 Å². The predicted octanol–water partition coefficient (Wildman–Crippen LogP) is 5.54. The zero-order valence-electron chi connectivity index (χ0n) is 26.8. The second kappa shape index (κ2) is 13.2. The molecule has 0 radical (unpaired) electrons. The molecule has 1 atom stereocenters. The fourth-order valence-electron chi connectivity index (χ4n) is 5.13. The Labute approximate surface area is 283 Å². The van der Waals surface area contributed by atoms with Crippen molar-refractivity contribution in [2.75, 3.05) is 32.5 Å². The molecule has 8 rings (SSSR count). The number of anilines is 1. The van der Waals surface area contributed by atoms with Gasteiger partial charge in [0.05, 0.1) is 0 Å². The number of hydrogen-bond acceptors (Lipinski definition) is 15. The van der Waals surface area contributed by atoms with E-state index in [0.717, 1.165) is 24.3 Å². The third kappa shape index (κ3) is 6.59. The third-order valence-electron chi connectivity index (χ3n) is 7.68. The molecule has 2 N–H and O–H groups in total. The lowest BCUT2D eigenvalue weighted by Crippen LogP contribution is -2.30. The summed E-state index contributed by atoms with van der Waals surface area (Å²) >= 11 is 0. The quantitative estimate of drug-likeness (QED) is 0.222. The highest BCUT2D eigenvalue weighted by Gasteiger charge is 2.26. The average molecular weight is 676 g/mol. The predicted molar refractivity (Wildman–Crippen MR) is 175 cm³/mol. The van der Waals surface area contributed by atoms with Crippen LogP contribution in [-0.4, -0.2) is 67.9 Å². The zero-order chi connectivity index (χ0) is 34.0. The highest BCUT2D eigenvalue weighted by Crippen LogP contribution is 2.28. The van der Waals surface area contributed by atoms with Gasteiger partial charge in [-0.1, -0.05) is 18.2 Å². The van der Waals surface area contributed by atoms with E-state index in [4.69, 9.17) is 26.5 Å². The number of carbonyl (C=O) groups is 1. The lowest BCUT2D eigenvalue weighted by Gasteiger charge is -2.16. The maximum Gasteiger partial charge on any atom is 0.273 e. The van der Waals surface area contributed by atoms with Gasteiger partial charge in [-0.05, 0) is 37.9 Å². The summed E-state index contributed by atoms with van der Waals surface area (Å²) in [7, 11) is 4.05. The Hall–Kier alpha value is -6.55. The minimum Gasteiger partial charge on any atom is -0.448 e. The number of aromatic nitrogens is 6. The Kier molecular flexibility index (Phi) is 8.10. The lowest BCUT2D eigenvalue weighted by molar-refractivity contribution is 0.0925. The first-order valence-electron chi connectivity index (χ1n) is 15.6. The van der Waals surface area contributed by atoms with Gasteiger partial charge in [0.2, 0.25) is 29.5 Å². The molecule has 16 nitrogen and oxygen atoms in total. The van der Waals surface area contributed by atoms with Crippen LogP contribution >= 0.6 is 0 Å². The number of nitrogens with zero attached hydrogens (tertiary/aromatic N) is 7. The van der Waals surface area contributed by atoms with Crippen molar-refractivity contribution in [1.29, 1.82) is 0 Å². The number of amides is 1. The van der Waals surface area contributed by atoms with Gasteiger partial charge < -0.3 is 42.0 Å². The Bertz CT molecular complexity index is 2270. The summed E-state index contributed by atoms with van der Waals surface area (Å²) in [5, 5.41) is 6.38. The maximum absolute atomic E-state index is 13.6. The van der Waals surface area contributed by atoms with Crippen LogP contribution in [0.3, 0.4) is 0 Å². The van der Waals surface area contributed by atoms with Crippen LogP contribution < -0.4 is 10.6 Å². The SMILES string of the molecule is CN(C)CCNc1ccc(CC2NC(=O)c3coc(n3)-c3coc(n3)-c3coc(n3)CC=Cc3coc(n3)-c3coc(n3)-c3coc2n3)cc1. The van der Waals surface area contributed by atoms with Crippen molar-refractivity contribution in [1.82, 2.24) is 40.1 Å². The first kappa shape index (κ1) is 30.8. The smallest absolute Gasteiger partial charge is 0.273 e. The van der Waals surface area contributed by atoms with Gasteiger partial charge in [0.1, 0.15) is 49.3 Å². The molecule has 0 fully saturated rings. The minimum absolute atomic E-state index is 0.0226. The molecule has 1 amide bonds. The summed E-state index contributed by atoms with van der Waals surface area (Å²) < 4.78 is 34.0. The van der Waals surface area contributed by atoms with Gasteiger partial charge >= 0.3 is 0 Å². The van der Waals surface area contributed by atoms with Gasteiger partial charge in [0, 0.05) is 31.6 Å². The van der Waals surface area contributed by atoms with E-state index in [1.165, 1.54) is 37.6 Å². The van der Waals surface area contributed by atoms with Crippen LogP contribution in [0, 0.1) is 0 Å². The molecule has 0 spiro atoms. The Morgan fingerprint density at radius 2 is 1.32 bits per heavy atom. The van der Waals surface area contributed by atoms with Gasteiger partial charge in [0.25, 0.3) is 5.91 Å². The molecule has 0 saturated heterocycles. The largest absolute Gasteiger partial charge is 0.448 e. The summed E-state index contributed by atoms with van der Waals surface area (Å²) in [5.41, 5.74) is 3.85. The number of hydrogen-bond donors (Lipinski definition) is 2. The summed E-state index contributed by atoms with van der Waals surface area (Å²) in [4.78, 5) is 42.5. The average Bonchev–Trinajstić information content (AvgIpc) is 3.96. The van der Waals surface area contributed by atoms with E-state index >= 15 is 0 Å².